The molecular formula is C25H32N2O5. The highest BCUT2D eigenvalue weighted by Gasteiger charge is 2.61. The van der Waals surface area contributed by atoms with Gasteiger partial charge in [0.2, 0.25) is 0 Å². The fraction of sp³-hybridized carbons (Fsp3) is 0.440. The number of carbonyl (C=O) groups is 2. The van der Waals surface area contributed by atoms with Gasteiger partial charge in [-0.25, -0.2) is 5.06 Å². The van der Waals surface area contributed by atoms with Crippen LogP contribution in [0.5, 0.6) is 5.75 Å². The summed E-state index contributed by atoms with van der Waals surface area (Å²) < 4.78 is 0. The fourth-order valence-corrected chi connectivity index (χ4v) is 3.91. The van der Waals surface area contributed by atoms with Crippen molar-refractivity contribution in [3.63, 3.8) is 0 Å². The molecule has 0 spiro atoms. The average molecular weight is 441 g/mol. The van der Waals surface area contributed by atoms with Gasteiger partial charge in [0.25, 0.3) is 11.6 Å². The molecule has 7 heteroatoms. The van der Waals surface area contributed by atoms with Crippen LogP contribution in [0.3, 0.4) is 0 Å². The van der Waals surface area contributed by atoms with Crippen LogP contribution < -0.4 is 4.84 Å². The standard InChI is InChI=1S/C25H32N2O5/c1-6-17(3)22-23(28)27(25(30,18(4)7-2)24(29)26(22)31-5)32-21-15-13-20(14-16-21)19-11-9-8-10-12-19/h8-18,22,30H,6-7H2,1-5H3/t17-,18-,22?,25?/m0/s1. The summed E-state index contributed by atoms with van der Waals surface area (Å²) in [6.45, 7) is 7.34. The fourth-order valence-electron chi connectivity index (χ4n) is 3.91. The molecule has 2 amide bonds. The van der Waals surface area contributed by atoms with Crippen molar-refractivity contribution in [3.8, 4) is 16.9 Å². The van der Waals surface area contributed by atoms with Crippen LogP contribution in [0.25, 0.3) is 11.1 Å². The van der Waals surface area contributed by atoms with Crippen molar-refractivity contribution >= 4 is 11.8 Å². The molecule has 2 aromatic carbocycles. The largest absolute Gasteiger partial charge is 0.373 e. The van der Waals surface area contributed by atoms with E-state index in [9.17, 15) is 14.7 Å². The number of carbonyl (C=O) groups excluding carboxylic acids is 2. The van der Waals surface area contributed by atoms with Crippen LogP contribution in [0.1, 0.15) is 40.5 Å². The highest BCUT2D eigenvalue weighted by Crippen LogP contribution is 2.37. The number of hydroxylamine groups is 4. The van der Waals surface area contributed by atoms with Crippen LogP contribution in [0.4, 0.5) is 0 Å². The van der Waals surface area contributed by atoms with Crippen molar-refractivity contribution in [3.05, 3.63) is 54.6 Å². The summed E-state index contributed by atoms with van der Waals surface area (Å²) >= 11 is 0. The van der Waals surface area contributed by atoms with Crippen molar-refractivity contribution in [1.82, 2.24) is 10.1 Å². The number of nitrogens with zero attached hydrogens (tertiary/aromatic N) is 2. The van der Waals surface area contributed by atoms with Crippen molar-refractivity contribution < 1.29 is 24.4 Å². The monoisotopic (exact) mass is 440 g/mol. The number of rotatable bonds is 8. The molecule has 0 aromatic heterocycles. The lowest BCUT2D eigenvalue weighted by Gasteiger charge is -2.49. The number of amides is 2. The molecule has 0 radical (unpaired) electrons. The molecule has 1 heterocycles. The van der Waals surface area contributed by atoms with Gasteiger partial charge in [-0.3, -0.25) is 14.4 Å². The van der Waals surface area contributed by atoms with Crippen molar-refractivity contribution in [1.29, 1.82) is 0 Å². The maximum absolute atomic E-state index is 13.5. The Bertz CT molecular complexity index is 933. The van der Waals surface area contributed by atoms with Crippen molar-refractivity contribution in [2.75, 3.05) is 7.11 Å². The molecule has 1 aliphatic rings. The summed E-state index contributed by atoms with van der Waals surface area (Å²) in [5, 5.41) is 13.4. The lowest BCUT2D eigenvalue weighted by atomic mass is 9.87. The Morgan fingerprint density at radius 3 is 2.09 bits per heavy atom. The summed E-state index contributed by atoms with van der Waals surface area (Å²) in [4.78, 5) is 38.1. The maximum atomic E-state index is 13.5. The zero-order valence-corrected chi connectivity index (χ0v) is 19.3. The van der Waals surface area contributed by atoms with E-state index in [1.165, 1.54) is 7.11 Å². The number of hydrogen-bond donors (Lipinski definition) is 1. The topological polar surface area (TPSA) is 79.3 Å². The number of piperazine rings is 1. The molecule has 7 nitrogen and oxygen atoms in total. The van der Waals surface area contributed by atoms with Gasteiger partial charge < -0.3 is 9.94 Å². The third kappa shape index (κ3) is 4.10. The molecule has 1 aliphatic heterocycles. The Hall–Kier alpha value is -2.90. The molecule has 32 heavy (non-hydrogen) atoms. The van der Waals surface area contributed by atoms with Crippen LogP contribution in [0.15, 0.2) is 54.6 Å². The third-order valence-corrected chi connectivity index (χ3v) is 6.37. The summed E-state index contributed by atoms with van der Waals surface area (Å²) in [5.41, 5.74) is -0.157. The van der Waals surface area contributed by atoms with E-state index in [4.69, 9.17) is 9.68 Å². The molecule has 1 N–H and O–H groups in total. The second-order valence-electron chi connectivity index (χ2n) is 8.29. The van der Waals surface area contributed by atoms with Gasteiger partial charge in [0, 0.05) is 5.92 Å². The quantitative estimate of drug-likeness (QED) is 0.671. The van der Waals surface area contributed by atoms with Crippen molar-refractivity contribution in [2.45, 2.75) is 52.3 Å². The SMILES string of the molecule is CC[C@H](C)C1C(=O)N(Oc2ccc(-c3ccccc3)cc2)C(O)([C@@H](C)CC)C(=O)N1OC. The van der Waals surface area contributed by atoms with E-state index in [0.29, 0.717) is 18.6 Å². The van der Waals surface area contributed by atoms with Gasteiger partial charge in [-0.15, -0.1) is 5.06 Å². The first-order valence-electron chi connectivity index (χ1n) is 11.1. The van der Waals surface area contributed by atoms with Gasteiger partial charge >= 0.3 is 5.91 Å². The van der Waals surface area contributed by atoms with Gasteiger partial charge in [-0.2, -0.15) is 0 Å². The van der Waals surface area contributed by atoms with E-state index in [2.05, 4.69) is 0 Å². The predicted octanol–water partition coefficient (Wildman–Crippen LogP) is 4.03. The third-order valence-electron chi connectivity index (χ3n) is 6.37. The minimum absolute atomic E-state index is 0.195. The summed E-state index contributed by atoms with van der Waals surface area (Å²) in [6, 6.07) is 16.2. The van der Waals surface area contributed by atoms with Gasteiger partial charge in [0.15, 0.2) is 5.75 Å². The first-order chi connectivity index (χ1) is 15.3. The zero-order valence-electron chi connectivity index (χ0n) is 19.3. The summed E-state index contributed by atoms with van der Waals surface area (Å²) in [6.07, 6.45) is 1.10. The molecule has 0 aliphatic carbocycles. The molecule has 1 fully saturated rings. The molecule has 2 aromatic rings. The van der Waals surface area contributed by atoms with E-state index in [1.807, 2.05) is 63.2 Å². The second-order valence-corrected chi connectivity index (χ2v) is 8.29. The van der Waals surface area contributed by atoms with Crippen LogP contribution in [0, 0.1) is 11.8 Å². The summed E-state index contributed by atoms with van der Waals surface area (Å²) in [7, 11) is 1.33. The van der Waals surface area contributed by atoms with Crippen LogP contribution in [0.2, 0.25) is 0 Å². The molecular weight excluding hydrogens is 408 g/mol. The van der Waals surface area contributed by atoms with Crippen molar-refractivity contribution in [2.24, 2.45) is 11.8 Å². The molecule has 0 bridgehead atoms. The highest BCUT2D eigenvalue weighted by molar-refractivity contribution is 5.98. The van der Waals surface area contributed by atoms with Crippen LogP contribution >= 0.6 is 0 Å². The molecule has 2 unspecified atom stereocenters. The first kappa shape index (κ1) is 23.8. The van der Waals surface area contributed by atoms with Gasteiger partial charge in [0.05, 0.1) is 7.11 Å². The Kier molecular flexibility index (Phi) is 7.21. The Labute approximate surface area is 189 Å². The summed E-state index contributed by atoms with van der Waals surface area (Å²) in [5.74, 6) is -1.66. The molecule has 1 saturated heterocycles. The molecule has 172 valence electrons. The van der Waals surface area contributed by atoms with Crippen LogP contribution in [-0.4, -0.2) is 45.9 Å². The number of benzene rings is 2. The minimum Gasteiger partial charge on any atom is -0.373 e. The lowest BCUT2D eigenvalue weighted by Crippen LogP contribution is -2.75. The number of aliphatic hydroxyl groups is 1. The van der Waals surface area contributed by atoms with E-state index in [1.54, 1.807) is 19.1 Å². The van der Waals surface area contributed by atoms with E-state index in [-0.39, 0.29) is 5.92 Å². The van der Waals surface area contributed by atoms with E-state index < -0.39 is 29.5 Å². The van der Waals surface area contributed by atoms with Gasteiger partial charge in [-0.1, -0.05) is 76.6 Å². The number of hydrogen-bond acceptors (Lipinski definition) is 5. The van der Waals surface area contributed by atoms with Crippen LogP contribution in [-0.2, 0) is 14.4 Å². The van der Waals surface area contributed by atoms with Gasteiger partial charge in [0.1, 0.15) is 6.04 Å². The zero-order chi connectivity index (χ0) is 23.5. The predicted molar refractivity (Wildman–Crippen MR) is 121 cm³/mol. The smallest absolute Gasteiger partial charge is 0.303 e. The average Bonchev–Trinajstić information content (AvgIpc) is 2.83. The molecule has 3 rings (SSSR count). The highest BCUT2D eigenvalue weighted by atomic mass is 16.7. The lowest BCUT2D eigenvalue weighted by molar-refractivity contribution is -0.296. The van der Waals surface area contributed by atoms with E-state index >= 15 is 0 Å². The minimum atomic E-state index is -2.19. The molecule has 0 saturated carbocycles. The first-order valence-corrected chi connectivity index (χ1v) is 11.1. The van der Waals surface area contributed by atoms with E-state index in [0.717, 1.165) is 21.3 Å². The normalized spacial score (nSPS) is 23.2. The second kappa shape index (κ2) is 9.71. The molecule has 4 atom stereocenters. The Morgan fingerprint density at radius 1 is 0.969 bits per heavy atom. The Balaban J connectivity index is 1.98. The Morgan fingerprint density at radius 2 is 1.56 bits per heavy atom. The van der Waals surface area contributed by atoms with Gasteiger partial charge in [-0.05, 0) is 35.6 Å². The maximum Gasteiger partial charge on any atom is 0.303 e.